The summed E-state index contributed by atoms with van der Waals surface area (Å²) in [6.07, 6.45) is 4.37. The first-order chi connectivity index (χ1) is 16.3. The minimum Gasteiger partial charge on any atom is -0.493 e. The molecule has 0 heterocycles. The molecule has 0 aromatic heterocycles. The normalized spacial score (nSPS) is 11.2. The summed E-state index contributed by atoms with van der Waals surface area (Å²) >= 11 is 27.6. The first-order valence-corrected chi connectivity index (χ1v) is 12.0. The van der Waals surface area contributed by atoms with E-state index in [2.05, 4.69) is 26.5 Å². The van der Waals surface area contributed by atoms with E-state index in [0.29, 0.717) is 47.2 Å². The monoisotopic (exact) mass is 600 g/mol. The highest BCUT2D eigenvalue weighted by molar-refractivity contribution is 9.10. The second kappa shape index (κ2) is 12.5. The van der Waals surface area contributed by atoms with Gasteiger partial charge in [-0.2, -0.15) is 5.10 Å². The number of carbonyl (C=O) groups is 1. The number of benzene rings is 3. The van der Waals surface area contributed by atoms with E-state index in [9.17, 15) is 4.79 Å². The number of hydrogen-bond acceptors (Lipinski definition) is 4. The van der Waals surface area contributed by atoms with Gasteiger partial charge in [0.1, 0.15) is 6.61 Å². The van der Waals surface area contributed by atoms with E-state index in [1.54, 1.807) is 54.6 Å². The van der Waals surface area contributed by atoms with Crippen molar-refractivity contribution in [2.75, 3.05) is 7.11 Å². The van der Waals surface area contributed by atoms with Crippen LogP contribution in [-0.4, -0.2) is 19.2 Å². The molecule has 3 rings (SSSR count). The van der Waals surface area contributed by atoms with Gasteiger partial charge in [-0.05, 0) is 69.5 Å². The van der Waals surface area contributed by atoms with Crippen LogP contribution in [-0.2, 0) is 11.4 Å². The highest BCUT2D eigenvalue weighted by Gasteiger charge is 2.13. The molecule has 0 bridgehead atoms. The van der Waals surface area contributed by atoms with Crippen molar-refractivity contribution in [3.8, 4) is 11.5 Å². The molecule has 0 aliphatic rings. The van der Waals surface area contributed by atoms with Gasteiger partial charge in [0, 0.05) is 31.7 Å². The molecule has 1 amide bonds. The SMILES string of the molecule is COc1cc(/C=N\NC(=O)/C=C/c2ccc(Cl)cc2Cl)cc(Br)c1OCc1ccc(Cl)cc1Cl. The van der Waals surface area contributed by atoms with Crippen LogP contribution in [0, 0.1) is 0 Å². The van der Waals surface area contributed by atoms with Gasteiger partial charge >= 0.3 is 0 Å². The highest BCUT2D eigenvalue weighted by atomic mass is 79.9. The van der Waals surface area contributed by atoms with E-state index in [-0.39, 0.29) is 6.61 Å². The number of halogens is 5. The van der Waals surface area contributed by atoms with E-state index in [0.717, 1.165) is 5.56 Å². The smallest absolute Gasteiger partial charge is 0.264 e. The fraction of sp³-hybridized carbons (Fsp3) is 0.0833. The summed E-state index contributed by atoms with van der Waals surface area (Å²) < 4.78 is 12.0. The van der Waals surface area contributed by atoms with Crippen molar-refractivity contribution >= 4 is 80.5 Å². The molecule has 0 aliphatic carbocycles. The van der Waals surface area contributed by atoms with Gasteiger partial charge in [-0.25, -0.2) is 5.43 Å². The maximum atomic E-state index is 12.0. The van der Waals surface area contributed by atoms with Crippen molar-refractivity contribution in [3.05, 3.63) is 95.9 Å². The minimum atomic E-state index is -0.423. The molecule has 0 radical (unpaired) electrons. The predicted molar refractivity (Wildman–Crippen MR) is 143 cm³/mol. The van der Waals surface area contributed by atoms with Crippen LogP contribution in [0.2, 0.25) is 20.1 Å². The van der Waals surface area contributed by atoms with Gasteiger partial charge in [-0.15, -0.1) is 0 Å². The Balaban J connectivity index is 1.65. The molecule has 1 N–H and O–H groups in total. The molecule has 34 heavy (non-hydrogen) atoms. The van der Waals surface area contributed by atoms with Crippen LogP contribution in [0.25, 0.3) is 6.08 Å². The molecular weight excluding hydrogens is 586 g/mol. The van der Waals surface area contributed by atoms with Crippen molar-refractivity contribution in [1.29, 1.82) is 0 Å². The van der Waals surface area contributed by atoms with Crippen molar-refractivity contribution in [1.82, 2.24) is 5.43 Å². The van der Waals surface area contributed by atoms with Crippen molar-refractivity contribution in [2.24, 2.45) is 5.10 Å². The first kappa shape index (κ1) is 26.4. The van der Waals surface area contributed by atoms with Crippen LogP contribution < -0.4 is 14.9 Å². The van der Waals surface area contributed by atoms with E-state index in [4.69, 9.17) is 55.9 Å². The average molecular weight is 603 g/mol. The van der Waals surface area contributed by atoms with Gasteiger partial charge in [-0.1, -0.05) is 58.5 Å². The Morgan fingerprint density at radius 2 is 1.74 bits per heavy atom. The highest BCUT2D eigenvalue weighted by Crippen LogP contribution is 2.37. The lowest BCUT2D eigenvalue weighted by Crippen LogP contribution is -2.14. The van der Waals surface area contributed by atoms with E-state index in [1.807, 2.05) is 0 Å². The number of nitrogens with one attached hydrogen (secondary N) is 1. The number of amides is 1. The van der Waals surface area contributed by atoms with E-state index in [1.165, 1.54) is 19.4 Å². The molecule has 3 aromatic rings. The Morgan fingerprint density at radius 1 is 1.03 bits per heavy atom. The number of rotatable bonds is 8. The summed E-state index contributed by atoms with van der Waals surface area (Å²) in [5.74, 6) is 0.551. The summed E-state index contributed by atoms with van der Waals surface area (Å²) in [6, 6.07) is 13.7. The van der Waals surface area contributed by atoms with Crippen LogP contribution in [0.4, 0.5) is 0 Å². The second-order valence-electron chi connectivity index (χ2n) is 6.79. The van der Waals surface area contributed by atoms with Crippen LogP contribution in [0.15, 0.2) is 64.2 Å². The lowest BCUT2D eigenvalue weighted by atomic mass is 10.2. The molecule has 0 aliphatic heterocycles. The summed E-state index contributed by atoms with van der Waals surface area (Å²) in [6.45, 7) is 0.221. The maximum Gasteiger partial charge on any atom is 0.264 e. The zero-order valence-electron chi connectivity index (χ0n) is 17.6. The van der Waals surface area contributed by atoms with E-state index < -0.39 is 5.91 Å². The molecule has 0 unspecified atom stereocenters. The summed E-state index contributed by atoms with van der Waals surface area (Å²) in [5, 5.41) is 5.99. The number of nitrogens with zero attached hydrogens (tertiary/aromatic N) is 1. The van der Waals surface area contributed by atoms with Crippen molar-refractivity contribution in [3.63, 3.8) is 0 Å². The van der Waals surface area contributed by atoms with Gasteiger partial charge in [-0.3, -0.25) is 4.79 Å². The molecule has 0 spiro atoms. The van der Waals surface area contributed by atoms with Crippen molar-refractivity contribution in [2.45, 2.75) is 6.61 Å². The van der Waals surface area contributed by atoms with Crippen molar-refractivity contribution < 1.29 is 14.3 Å². The van der Waals surface area contributed by atoms with Crippen LogP contribution in [0.1, 0.15) is 16.7 Å². The fourth-order valence-electron chi connectivity index (χ4n) is 2.75. The second-order valence-corrected chi connectivity index (χ2v) is 9.33. The number of methoxy groups -OCH3 is 1. The number of hydrazone groups is 1. The average Bonchev–Trinajstić information content (AvgIpc) is 2.78. The predicted octanol–water partition coefficient (Wildman–Crippen LogP) is 7.81. The topological polar surface area (TPSA) is 59.9 Å². The number of carbonyl (C=O) groups excluding carboxylic acids is 1. The van der Waals surface area contributed by atoms with Crippen LogP contribution >= 0.6 is 62.3 Å². The van der Waals surface area contributed by atoms with Gasteiger partial charge < -0.3 is 9.47 Å². The molecule has 176 valence electrons. The van der Waals surface area contributed by atoms with Gasteiger partial charge in [0.15, 0.2) is 11.5 Å². The molecule has 5 nitrogen and oxygen atoms in total. The van der Waals surface area contributed by atoms with Gasteiger partial charge in [0.25, 0.3) is 5.91 Å². The summed E-state index contributed by atoms with van der Waals surface area (Å²) in [5.41, 5.74) is 4.54. The third-order valence-electron chi connectivity index (χ3n) is 4.40. The third-order valence-corrected chi connectivity index (χ3v) is 6.14. The summed E-state index contributed by atoms with van der Waals surface area (Å²) in [4.78, 5) is 12.0. The first-order valence-electron chi connectivity index (χ1n) is 9.67. The Hall–Kier alpha value is -2.22. The Morgan fingerprint density at radius 3 is 2.41 bits per heavy atom. The standard InChI is InChI=1S/C24H17BrCl4N2O3/c1-33-22-9-14(8-19(25)24(22)34-13-16-3-6-18(27)11-21(16)29)12-30-31-23(32)7-4-15-2-5-17(26)10-20(15)28/h2-12H,13H2,1H3,(H,31,32)/b7-4+,30-12-. The van der Waals surface area contributed by atoms with Gasteiger partial charge in [0.2, 0.25) is 0 Å². The molecule has 0 atom stereocenters. The fourth-order valence-corrected chi connectivity index (χ4v) is 4.26. The Kier molecular flexibility index (Phi) is 9.68. The molecular formula is C24H17BrCl4N2O3. The Labute approximate surface area is 225 Å². The maximum absolute atomic E-state index is 12.0. The lowest BCUT2D eigenvalue weighted by Gasteiger charge is -2.14. The molecule has 0 saturated heterocycles. The zero-order chi connectivity index (χ0) is 24.7. The van der Waals surface area contributed by atoms with Crippen LogP contribution in [0.3, 0.4) is 0 Å². The minimum absolute atomic E-state index is 0.221. The van der Waals surface area contributed by atoms with E-state index >= 15 is 0 Å². The molecule has 3 aromatic carbocycles. The third kappa shape index (κ3) is 7.39. The molecule has 0 fully saturated rings. The lowest BCUT2D eigenvalue weighted by molar-refractivity contribution is -0.116. The Bertz CT molecular complexity index is 1270. The zero-order valence-corrected chi connectivity index (χ0v) is 22.2. The molecule has 0 saturated carbocycles. The molecule has 10 heteroatoms. The van der Waals surface area contributed by atoms with Crippen LogP contribution in [0.5, 0.6) is 11.5 Å². The largest absolute Gasteiger partial charge is 0.493 e. The quantitative estimate of drug-likeness (QED) is 0.162. The van der Waals surface area contributed by atoms with Gasteiger partial charge in [0.05, 0.1) is 17.8 Å². The number of hydrogen-bond donors (Lipinski definition) is 1. The number of ether oxygens (including phenoxy) is 2. The summed E-state index contributed by atoms with van der Waals surface area (Å²) in [7, 11) is 1.53.